The van der Waals surface area contributed by atoms with Crippen molar-refractivity contribution in [3.05, 3.63) is 62.2 Å². The van der Waals surface area contributed by atoms with Crippen LogP contribution in [0.5, 0.6) is 0 Å². The Balaban J connectivity index is 2.22. The van der Waals surface area contributed by atoms with Crippen molar-refractivity contribution < 1.29 is 28.4 Å². The number of non-ortho nitro benzene ring substituents is 1. The highest BCUT2D eigenvalue weighted by molar-refractivity contribution is 7.58. The minimum absolute atomic E-state index is 0.00126. The van der Waals surface area contributed by atoms with Gasteiger partial charge < -0.3 is 19.1 Å². The third-order valence-electron chi connectivity index (χ3n) is 6.25. The summed E-state index contributed by atoms with van der Waals surface area (Å²) in [6.45, 7) is 10.3. The molecule has 1 unspecified atom stereocenters. The molecule has 0 aliphatic carbocycles. The second-order valence-corrected chi connectivity index (χ2v) is 10.4. The van der Waals surface area contributed by atoms with Crippen LogP contribution in [0.15, 0.2) is 46.5 Å². The maximum atomic E-state index is 14.0. The Morgan fingerprint density at radius 3 is 2.41 bits per heavy atom. The number of benzene rings is 1. The number of allylic oxidation sites excluding steroid dienone is 3. The Bertz CT molecular complexity index is 1030. The first-order valence-corrected chi connectivity index (χ1v) is 12.1. The summed E-state index contributed by atoms with van der Waals surface area (Å²) in [7, 11) is -3.87. The highest BCUT2D eigenvalue weighted by atomic mass is 31.2. The van der Waals surface area contributed by atoms with Crippen molar-refractivity contribution in [2.45, 2.75) is 40.5 Å². The SMILES string of the molecule is CCN1C(C)=C(C(=O)O)C(c2cccc([N+](=O)[O-])c2)C(P2(=O)OCC(C(C)C)CO2)=C1C. The first-order valence-electron chi connectivity index (χ1n) is 10.6. The molecule has 0 amide bonds. The predicted molar refractivity (Wildman–Crippen MR) is 119 cm³/mol. The van der Waals surface area contributed by atoms with Gasteiger partial charge in [0.2, 0.25) is 0 Å². The van der Waals surface area contributed by atoms with Crippen LogP contribution in [0.4, 0.5) is 5.69 Å². The van der Waals surface area contributed by atoms with E-state index in [0.29, 0.717) is 23.5 Å². The first-order chi connectivity index (χ1) is 15.0. The zero-order valence-corrected chi connectivity index (χ0v) is 19.8. The van der Waals surface area contributed by atoms with Crippen molar-refractivity contribution in [1.29, 1.82) is 0 Å². The summed E-state index contributed by atoms with van der Waals surface area (Å²) in [5.41, 5.74) is 1.25. The van der Waals surface area contributed by atoms with Crippen molar-refractivity contribution in [3.8, 4) is 0 Å². The van der Waals surface area contributed by atoms with Gasteiger partial charge in [-0.1, -0.05) is 26.0 Å². The van der Waals surface area contributed by atoms with Gasteiger partial charge >= 0.3 is 13.6 Å². The molecule has 1 N–H and O–H groups in total. The molecule has 2 heterocycles. The normalized spacial score (nSPS) is 26.6. The molecule has 0 saturated carbocycles. The fraction of sp³-hybridized carbons (Fsp3) is 0.500. The van der Waals surface area contributed by atoms with Gasteiger partial charge in [-0.2, -0.15) is 0 Å². The maximum absolute atomic E-state index is 14.0. The van der Waals surface area contributed by atoms with Crippen LogP contribution in [0.2, 0.25) is 0 Å². The number of nitro benzene ring substituents is 1. The van der Waals surface area contributed by atoms with Gasteiger partial charge in [-0.15, -0.1) is 0 Å². The van der Waals surface area contributed by atoms with Gasteiger partial charge in [-0.25, -0.2) is 4.79 Å². The van der Waals surface area contributed by atoms with E-state index in [9.17, 15) is 24.6 Å². The minimum atomic E-state index is -3.87. The number of rotatable bonds is 6. The number of nitrogens with zero attached hydrogens (tertiary/aromatic N) is 2. The van der Waals surface area contributed by atoms with E-state index in [2.05, 4.69) is 0 Å². The predicted octanol–water partition coefficient (Wildman–Crippen LogP) is 5.12. The lowest BCUT2D eigenvalue weighted by molar-refractivity contribution is -0.384. The van der Waals surface area contributed by atoms with E-state index in [0.717, 1.165) is 0 Å². The van der Waals surface area contributed by atoms with Crippen LogP contribution in [-0.4, -0.2) is 40.7 Å². The number of carbonyl (C=O) groups is 1. The maximum Gasteiger partial charge on any atom is 0.360 e. The van der Waals surface area contributed by atoms with Crippen molar-refractivity contribution in [1.82, 2.24) is 4.90 Å². The zero-order chi connectivity index (χ0) is 23.8. The fourth-order valence-corrected chi connectivity index (χ4v) is 6.58. The van der Waals surface area contributed by atoms with Crippen LogP contribution < -0.4 is 0 Å². The number of nitro groups is 1. The van der Waals surface area contributed by atoms with Crippen LogP contribution in [0.1, 0.15) is 46.1 Å². The molecule has 3 rings (SSSR count). The van der Waals surface area contributed by atoms with E-state index >= 15 is 0 Å². The largest absolute Gasteiger partial charge is 0.478 e. The number of hydrogen-bond donors (Lipinski definition) is 1. The molecule has 0 aromatic heterocycles. The summed E-state index contributed by atoms with van der Waals surface area (Å²) in [6, 6.07) is 5.76. The van der Waals surface area contributed by atoms with Crippen LogP contribution in [0.3, 0.4) is 0 Å². The van der Waals surface area contributed by atoms with E-state index < -0.39 is 24.4 Å². The molecule has 10 heteroatoms. The molecule has 0 radical (unpaired) electrons. The zero-order valence-electron chi connectivity index (χ0n) is 18.9. The van der Waals surface area contributed by atoms with Crippen LogP contribution >= 0.6 is 7.60 Å². The minimum Gasteiger partial charge on any atom is -0.478 e. The lowest BCUT2D eigenvalue weighted by atomic mass is 9.85. The monoisotopic (exact) mass is 464 g/mol. The molecule has 2 aliphatic rings. The van der Waals surface area contributed by atoms with Crippen molar-refractivity contribution in [3.63, 3.8) is 0 Å². The molecule has 1 aromatic rings. The quantitative estimate of drug-likeness (QED) is 0.350. The Morgan fingerprint density at radius 2 is 1.91 bits per heavy atom. The summed E-state index contributed by atoms with van der Waals surface area (Å²) in [5, 5.41) is 21.7. The number of hydrogen-bond acceptors (Lipinski definition) is 7. The molecule has 0 spiro atoms. The van der Waals surface area contributed by atoms with Crippen molar-refractivity contribution in [2.24, 2.45) is 11.8 Å². The second kappa shape index (κ2) is 9.17. The topological polar surface area (TPSA) is 119 Å². The third kappa shape index (κ3) is 4.25. The molecule has 1 fully saturated rings. The van der Waals surface area contributed by atoms with Gasteiger partial charge in [-0.05, 0) is 32.3 Å². The fourth-order valence-electron chi connectivity index (χ4n) is 4.34. The molecule has 1 aromatic carbocycles. The van der Waals surface area contributed by atoms with Gasteiger partial charge in [-0.3, -0.25) is 14.7 Å². The lowest BCUT2D eigenvalue weighted by Gasteiger charge is -2.41. The van der Waals surface area contributed by atoms with Gasteiger partial charge in [0.25, 0.3) is 5.69 Å². The van der Waals surface area contributed by atoms with Gasteiger partial charge in [0.15, 0.2) is 0 Å². The molecule has 1 atom stereocenters. The Hall–Kier alpha value is -2.48. The standard InChI is InChI=1S/C22H29N2O7P/c1-6-23-14(4)19(22(25)26)20(16-8-7-9-18(10-16)24(27)28)21(15(23)5)32(29)30-11-17(12-31-32)13(2)3/h7-10,13,17,20H,6,11-12H2,1-5H3,(H,25,26). The molecule has 32 heavy (non-hydrogen) atoms. The van der Waals surface area contributed by atoms with Gasteiger partial charge in [0.05, 0.1) is 34.9 Å². The second-order valence-electron chi connectivity index (χ2n) is 8.40. The van der Waals surface area contributed by atoms with Crippen LogP contribution in [0.25, 0.3) is 0 Å². The highest BCUT2D eigenvalue weighted by Crippen LogP contribution is 2.66. The molecule has 9 nitrogen and oxygen atoms in total. The van der Waals surface area contributed by atoms with E-state index in [1.807, 2.05) is 20.8 Å². The van der Waals surface area contributed by atoms with E-state index in [1.165, 1.54) is 18.2 Å². The summed E-state index contributed by atoms with van der Waals surface area (Å²) in [5.74, 6) is -1.86. The van der Waals surface area contributed by atoms with Crippen molar-refractivity contribution >= 4 is 19.3 Å². The van der Waals surface area contributed by atoms with Crippen LogP contribution in [0, 0.1) is 22.0 Å². The molecular weight excluding hydrogens is 435 g/mol. The molecule has 2 aliphatic heterocycles. The van der Waals surface area contributed by atoms with Crippen molar-refractivity contribution in [2.75, 3.05) is 19.8 Å². The smallest absolute Gasteiger partial charge is 0.360 e. The Morgan fingerprint density at radius 1 is 1.28 bits per heavy atom. The molecule has 0 bridgehead atoms. The summed E-state index contributed by atoms with van der Waals surface area (Å²) < 4.78 is 25.7. The van der Waals surface area contributed by atoms with E-state index in [-0.39, 0.29) is 41.6 Å². The Labute approximate surface area is 187 Å². The van der Waals surface area contributed by atoms with Gasteiger partial charge in [0, 0.05) is 36.0 Å². The summed E-state index contributed by atoms with van der Waals surface area (Å²) in [6.07, 6.45) is 0. The number of aliphatic carboxylic acids is 1. The van der Waals surface area contributed by atoms with E-state index in [1.54, 1.807) is 24.8 Å². The average Bonchev–Trinajstić information content (AvgIpc) is 2.73. The van der Waals surface area contributed by atoms with E-state index in [4.69, 9.17) is 9.05 Å². The third-order valence-corrected chi connectivity index (χ3v) is 8.40. The average molecular weight is 464 g/mol. The molecule has 174 valence electrons. The molecular formula is C22H29N2O7P. The lowest BCUT2D eigenvalue weighted by Crippen LogP contribution is -2.34. The number of carboxylic acids is 1. The van der Waals surface area contributed by atoms with Gasteiger partial charge in [0.1, 0.15) is 0 Å². The Kier molecular flexibility index (Phi) is 6.93. The number of carboxylic acid groups (broad SMARTS) is 1. The first kappa shape index (κ1) is 24.2. The highest BCUT2D eigenvalue weighted by Gasteiger charge is 2.48. The summed E-state index contributed by atoms with van der Waals surface area (Å²) >= 11 is 0. The van der Waals surface area contributed by atoms with Crippen LogP contribution in [-0.2, 0) is 18.4 Å². The summed E-state index contributed by atoms with van der Waals surface area (Å²) in [4.78, 5) is 25.0. The molecule has 1 saturated heterocycles.